The Bertz CT molecular complexity index is 478. The fraction of sp³-hybridized carbons (Fsp3) is 0.294. The van der Waals surface area contributed by atoms with E-state index in [0.717, 1.165) is 19.3 Å². The molecule has 1 atom stereocenters. The van der Waals surface area contributed by atoms with Crippen LogP contribution in [0.25, 0.3) is 0 Å². The van der Waals surface area contributed by atoms with Gasteiger partial charge < -0.3 is 0 Å². The van der Waals surface area contributed by atoms with Crippen molar-refractivity contribution in [3.05, 3.63) is 71.5 Å². The van der Waals surface area contributed by atoms with Crippen molar-refractivity contribution in [1.29, 1.82) is 0 Å². The van der Waals surface area contributed by atoms with Crippen molar-refractivity contribution in [2.45, 2.75) is 25.2 Å². The molecule has 0 bridgehead atoms. The van der Waals surface area contributed by atoms with Crippen LogP contribution in [0.1, 0.15) is 29.9 Å². The molecule has 0 saturated carbocycles. The molecule has 100 valence electrons. The molecule has 0 radical (unpaired) electrons. The van der Waals surface area contributed by atoms with Gasteiger partial charge in [-0.05, 0) is 48.4 Å². The van der Waals surface area contributed by atoms with E-state index in [9.17, 15) is 4.39 Å². The molecular weight excluding hydrogens is 259 g/mol. The van der Waals surface area contributed by atoms with E-state index in [1.807, 2.05) is 18.2 Å². The predicted molar refractivity (Wildman–Crippen MR) is 79.2 cm³/mol. The normalized spacial score (nSPS) is 12.3. The molecule has 0 saturated heterocycles. The fourth-order valence-corrected chi connectivity index (χ4v) is 2.49. The summed E-state index contributed by atoms with van der Waals surface area (Å²) in [6, 6.07) is 17.3. The zero-order chi connectivity index (χ0) is 13.5. The number of benzene rings is 2. The first-order valence-corrected chi connectivity index (χ1v) is 7.18. The van der Waals surface area contributed by atoms with Crippen LogP contribution < -0.4 is 0 Å². The molecule has 0 amide bonds. The smallest absolute Gasteiger partial charge is 0.123 e. The first-order valence-electron chi connectivity index (χ1n) is 6.65. The fourth-order valence-electron chi connectivity index (χ4n) is 2.34. The third kappa shape index (κ3) is 4.36. The van der Waals surface area contributed by atoms with E-state index in [4.69, 9.17) is 11.6 Å². The van der Waals surface area contributed by atoms with E-state index >= 15 is 0 Å². The van der Waals surface area contributed by atoms with Gasteiger partial charge in [-0.2, -0.15) is 0 Å². The molecule has 0 spiro atoms. The van der Waals surface area contributed by atoms with Crippen LogP contribution in [0.15, 0.2) is 54.6 Å². The summed E-state index contributed by atoms with van der Waals surface area (Å²) in [7, 11) is 0. The van der Waals surface area contributed by atoms with Gasteiger partial charge in [0, 0.05) is 5.88 Å². The number of hydrogen-bond acceptors (Lipinski definition) is 0. The lowest BCUT2D eigenvalue weighted by Gasteiger charge is -2.17. The molecule has 0 aromatic heterocycles. The standard InChI is InChI=1S/C17H18ClF/c18-12-4-7-16(15-5-2-1-3-6-15)13-14-8-10-17(19)11-9-14/h1-3,5-6,8-11,16H,4,7,12-13H2. The van der Waals surface area contributed by atoms with E-state index in [0.29, 0.717) is 11.8 Å². The lowest BCUT2D eigenvalue weighted by atomic mass is 9.88. The Morgan fingerprint density at radius 2 is 1.63 bits per heavy atom. The number of halogens is 2. The summed E-state index contributed by atoms with van der Waals surface area (Å²) >= 11 is 5.81. The molecule has 2 aromatic carbocycles. The molecule has 1 unspecified atom stereocenters. The molecule has 0 fully saturated rings. The highest BCUT2D eigenvalue weighted by atomic mass is 35.5. The van der Waals surface area contributed by atoms with Crippen molar-refractivity contribution in [3.63, 3.8) is 0 Å². The van der Waals surface area contributed by atoms with E-state index in [2.05, 4.69) is 24.3 Å². The summed E-state index contributed by atoms with van der Waals surface area (Å²) in [5.41, 5.74) is 2.50. The van der Waals surface area contributed by atoms with Crippen molar-refractivity contribution in [1.82, 2.24) is 0 Å². The van der Waals surface area contributed by atoms with Gasteiger partial charge >= 0.3 is 0 Å². The quantitative estimate of drug-likeness (QED) is 0.639. The van der Waals surface area contributed by atoms with Crippen molar-refractivity contribution in [2.24, 2.45) is 0 Å². The van der Waals surface area contributed by atoms with Crippen LogP contribution in [0.4, 0.5) is 4.39 Å². The minimum absolute atomic E-state index is 0.180. The lowest BCUT2D eigenvalue weighted by Crippen LogP contribution is -2.03. The number of hydrogen-bond donors (Lipinski definition) is 0. The van der Waals surface area contributed by atoms with Gasteiger partial charge in [0.2, 0.25) is 0 Å². The third-order valence-electron chi connectivity index (χ3n) is 3.35. The van der Waals surface area contributed by atoms with E-state index < -0.39 is 0 Å². The van der Waals surface area contributed by atoms with Crippen LogP contribution in [0.5, 0.6) is 0 Å². The molecule has 0 aliphatic heterocycles. The van der Waals surface area contributed by atoms with Gasteiger partial charge in [0.05, 0.1) is 0 Å². The van der Waals surface area contributed by atoms with Gasteiger partial charge in [0.25, 0.3) is 0 Å². The highest BCUT2D eigenvalue weighted by Crippen LogP contribution is 2.26. The third-order valence-corrected chi connectivity index (χ3v) is 3.62. The molecule has 0 heterocycles. The zero-order valence-electron chi connectivity index (χ0n) is 10.9. The second-order valence-corrected chi connectivity index (χ2v) is 5.15. The second kappa shape index (κ2) is 7.30. The second-order valence-electron chi connectivity index (χ2n) is 4.77. The van der Waals surface area contributed by atoms with Crippen molar-refractivity contribution >= 4 is 11.6 Å². The maximum atomic E-state index is 12.9. The summed E-state index contributed by atoms with van der Waals surface area (Å²) in [5, 5.41) is 0. The summed E-state index contributed by atoms with van der Waals surface area (Å²) in [5.74, 6) is 0.957. The summed E-state index contributed by atoms with van der Waals surface area (Å²) in [6.07, 6.45) is 2.99. The van der Waals surface area contributed by atoms with E-state index in [-0.39, 0.29) is 5.82 Å². The van der Waals surface area contributed by atoms with Gasteiger partial charge in [-0.15, -0.1) is 11.6 Å². The first-order chi connectivity index (χ1) is 9.29. The Morgan fingerprint density at radius 3 is 2.26 bits per heavy atom. The van der Waals surface area contributed by atoms with Gasteiger partial charge in [-0.1, -0.05) is 42.5 Å². The van der Waals surface area contributed by atoms with Gasteiger partial charge in [0.15, 0.2) is 0 Å². The van der Waals surface area contributed by atoms with E-state index in [1.165, 1.54) is 23.3 Å². The molecule has 2 heteroatoms. The summed E-state index contributed by atoms with van der Waals surface area (Å²) in [4.78, 5) is 0. The molecule has 0 aliphatic rings. The van der Waals surface area contributed by atoms with Crippen LogP contribution >= 0.6 is 11.6 Å². The molecule has 0 nitrogen and oxygen atoms in total. The predicted octanol–water partition coefficient (Wildman–Crippen LogP) is 5.17. The highest BCUT2D eigenvalue weighted by molar-refractivity contribution is 6.17. The van der Waals surface area contributed by atoms with Crippen LogP contribution in [0.2, 0.25) is 0 Å². The number of alkyl halides is 1. The Morgan fingerprint density at radius 1 is 0.947 bits per heavy atom. The number of rotatable bonds is 6. The van der Waals surface area contributed by atoms with Crippen LogP contribution in [-0.2, 0) is 6.42 Å². The molecule has 0 N–H and O–H groups in total. The van der Waals surface area contributed by atoms with Crippen molar-refractivity contribution in [3.8, 4) is 0 Å². The SMILES string of the molecule is Fc1ccc(CC(CCCCl)c2ccccc2)cc1. The largest absolute Gasteiger partial charge is 0.207 e. The summed E-state index contributed by atoms with van der Waals surface area (Å²) in [6.45, 7) is 0. The highest BCUT2D eigenvalue weighted by Gasteiger charge is 2.11. The van der Waals surface area contributed by atoms with Crippen molar-refractivity contribution < 1.29 is 4.39 Å². The Balaban J connectivity index is 2.11. The minimum Gasteiger partial charge on any atom is -0.207 e. The topological polar surface area (TPSA) is 0 Å². The minimum atomic E-state index is -0.180. The monoisotopic (exact) mass is 276 g/mol. The molecule has 2 aromatic rings. The Kier molecular flexibility index (Phi) is 5.41. The van der Waals surface area contributed by atoms with Crippen LogP contribution in [0, 0.1) is 5.82 Å². The Labute approximate surface area is 119 Å². The average Bonchev–Trinajstić information content (AvgIpc) is 2.46. The first kappa shape index (κ1) is 14.1. The van der Waals surface area contributed by atoms with Crippen LogP contribution in [-0.4, -0.2) is 5.88 Å². The van der Waals surface area contributed by atoms with Crippen molar-refractivity contribution in [2.75, 3.05) is 5.88 Å². The zero-order valence-corrected chi connectivity index (χ0v) is 11.6. The van der Waals surface area contributed by atoms with E-state index in [1.54, 1.807) is 0 Å². The maximum Gasteiger partial charge on any atom is 0.123 e. The maximum absolute atomic E-state index is 12.9. The molecule has 0 aliphatic carbocycles. The molecule has 2 rings (SSSR count). The average molecular weight is 277 g/mol. The van der Waals surface area contributed by atoms with Gasteiger partial charge in [-0.3, -0.25) is 0 Å². The molecule has 19 heavy (non-hydrogen) atoms. The summed E-state index contributed by atoms with van der Waals surface area (Å²) < 4.78 is 12.9. The Hall–Kier alpha value is -1.34. The van der Waals surface area contributed by atoms with Crippen LogP contribution in [0.3, 0.4) is 0 Å². The van der Waals surface area contributed by atoms with Gasteiger partial charge in [-0.25, -0.2) is 4.39 Å². The van der Waals surface area contributed by atoms with Gasteiger partial charge in [0.1, 0.15) is 5.82 Å². The lowest BCUT2D eigenvalue weighted by molar-refractivity contribution is 0.606. The molecular formula is C17H18ClF.